The minimum atomic E-state index is -0.951. The van der Waals surface area contributed by atoms with Gasteiger partial charge in [-0.3, -0.25) is 14.7 Å². The van der Waals surface area contributed by atoms with Gasteiger partial charge in [0, 0.05) is 44.7 Å². The van der Waals surface area contributed by atoms with Gasteiger partial charge in [0.25, 0.3) is 0 Å². The molecule has 9 nitrogen and oxygen atoms in total. The van der Waals surface area contributed by atoms with Crippen molar-refractivity contribution in [2.45, 2.75) is 57.2 Å². The van der Waals surface area contributed by atoms with E-state index in [9.17, 15) is 18.7 Å². The Bertz CT molecular complexity index is 1760. The molecule has 2 atom stereocenters. The fourth-order valence-electron chi connectivity index (χ4n) is 6.82. The molecule has 2 aromatic carbocycles. The first-order chi connectivity index (χ1) is 21.1. The minimum Gasteiger partial charge on any atom is -0.508 e. The topological polar surface area (TPSA) is 112 Å². The number of aryl methyl sites for hydroxylation is 1. The van der Waals surface area contributed by atoms with Crippen molar-refractivity contribution in [3.05, 3.63) is 47.7 Å². The average molecular weight is 610 g/mol. The van der Waals surface area contributed by atoms with Gasteiger partial charge in [-0.05, 0) is 66.8 Å². The molecule has 0 saturated carbocycles. The first kappa shape index (κ1) is 29.9. The molecule has 0 bridgehead atoms. The number of aromatic nitrogens is 3. The lowest BCUT2D eigenvalue weighted by Gasteiger charge is -2.31. The highest BCUT2D eigenvalue weighted by Gasteiger charge is 2.49. The van der Waals surface area contributed by atoms with E-state index in [0.717, 1.165) is 19.4 Å². The van der Waals surface area contributed by atoms with E-state index in [0.29, 0.717) is 54.5 Å². The molecule has 6 rings (SSSR count). The number of alkyl halides is 1. The molecule has 0 unspecified atom stereocenters. The SMILES string of the molecule is CCc1c(F)ccc2cc(O)cc(-c3ncc4c(N(C)CCCC(=O)O)nc(OC[C@@]56CCCN5C[C@H](F)C6)nc4c3F)c12. The number of ether oxygens (including phenoxy) is 1. The maximum absolute atomic E-state index is 16.6. The van der Waals surface area contributed by atoms with Gasteiger partial charge < -0.3 is 19.8 Å². The van der Waals surface area contributed by atoms with Crippen LogP contribution in [0, 0.1) is 11.6 Å². The van der Waals surface area contributed by atoms with Crippen LogP contribution in [0.15, 0.2) is 30.5 Å². The fraction of sp³-hybridized carbons (Fsp3) is 0.438. The number of carboxylic acids is 1. The molecule has 0 spiro atoms. The van der Waals surface area contributed by atoms with E-state index in [-0.39, 0.29) is 46.9 Å². The van der Waals surface area contributed by atoms with Gasteiger partial charge in [-0.2, -0.15) is 9.97 Å². The van der Waals surface area contributed by atoms with Crippen LogP contribution in [0.4, 0.5) is 19.0 Å². The second kappa shape index (κ2) is 11.7. The summed E-state index contributed by atoms with van der Waals surface area (Å²) >= 11 is 0. The molecule has 2 aliphatic heterocycles. The predicted octanol–water partition coefficient (Wildman–Crippen LogP) is 5.65. The van der Waals surface area contributed by atoms with Gasteiger partial charge in [-0.1, -0.05) is 13.0 Å². The van der Waals surface area contributed by atoms with Crippen LogP contribution in [-0.4, -0.2) is 81.0 Å². The van der Waals surface area contributed by atoms with Crippen molar-refractivity contribution in [1.82, 2.24) is 19.9 Å². The summed E-state index contributed by atoms with van der Waals surface area (Å²) in [4.78, 5) is 28.3. The van der Waals surface area contributed by atoms with E-state index < -0.39 is 29.3 Å². The lowest BCUT2D eigenvalue weighted by molar-refractivity contribution is -0.137. The summed E-state index contributed by atoms with van der Waals surface area (Å²) in [6, 6.07) is 5.60. The summed E-state index contributed by atoms with van der Waals surface area (Å²) in [6.45, 7) is 3.36. The Morgan fingerprint density at radius 2 is 2.07 bits per heavy atom. The Morgan fingerprint density at radius 3 is 2.84 bits per heavy atom. The summed E-state index contributed by atoms with van der Waals surface area (Å²) in [5, 5.41) is 20.8. The second-order valence-corrected chi connectivity index (χ2v) is 11.8. The number of benzene rings is 2. The van der Waals surface area contributed by atoms with E-state index in [4.69, 9.17) is 9.84 Å². The van der Waals surface area contributed by atoms with Crippen molar-refractivity contribution < 1.29 is 32.9 Å². The van der Waals surface area contributed by atoms with E-state index in [1.807, 2.05) is 0 Å². The summed E-state index contributed by atoms with van der Waals surface area (Å²) in [6.07, 6.45) is 3.10. The monoisotopic (exact) mass is 609 g/mol. The van der Waals surface area contributed by atoms with E-state index in [1.165, 1.54) is 30.5 Å². The smallest absolute Gasteiger partial charge is 0.319 e. The summed E-state index contributed by atoms with van der Waals surface area (Å²) < 4.78 is 51.9. The number of phenols is 1. The first-order valence-corrected chi connectivity index (χ1v) is 14.9. The standard InChI is InChI=1S/C32H34F3N5O4/c1-3-21-24(34)8-7-18-12-20(41)13-22(26(18)21)28-27(35)29-23(15-36-28)30(39(2)10-4-6-25(42)43)38-31(37-29)44-17-32-9-5-11-40(32)16-19(33)14-32/h7-8,12-13,15,19,41H,3-6,9-11,14,16-17H2,1-2H3,(H,42,43)/t19-,32+/m1/s1. The highest BCUT2D eigenvalue weighted by molar-refractivity contribution is 6.01. The number of halogens is 3. The third kappa shape index (κ3) is 5.36. The lowest BCUT2D eigenvalue weighted by Crippen LogP contribution is -2.43. The molecular formula is C32H34F3N5O4. The Morgan fingerprint density at radius 1 is 1.25 bits per heavy atom. The number of pyridine rings is 1. The maximum Gasteiger partial charge on any atom is 0.319 e. The average Bonchev–Trinajstić information content (AvgIpc) is 3.51. The number of aliphatic carboxylic acids is 1. The number of rotatable bonds is 10. The zero-order chi connectivity index (χ0) is 31.2. The summed E-state index contributed by atoms with van der Waals surface area (Å²) in [5.74, 6) is -2.02. The van der Waals surface area contributed by atoms with E-state index in [1.54, 1.807) is 18.9 Å². The van der Waals surface area contributed by atoms with Gasteiger partial charge in [0.05, 0.1) is 10.9 Å². The van der Waals surface area contributed by atoms with Gasteiger partial charge >= 0.3 is 12.0 Å². The van der Waals surface area contributed by atoms with Crippen molar-refractivity contribution in [1.29, 1.82) is 0 Å². The molecule has 4 aromatic rings. The Kier molecular flexibility index (Phi) is 7.95. The number of nitrogens with zero attached hydrogens (tertiary/aromatic N) is 5. The fourth-order valence-corrected chi connectivity index (χ4v) is 6.82. The van der Waals surface area contributed by atoms with Crippen LogP contribution < -0.4 is 9.64 Å². The third-order valence-electron chi connectivity index (χ3n) is 8.88. The van der Waals surface area contributed by atoms with E-state index >= 15 is 4.39 Å². The maximum atomic E-state index is 16.6. The molecule has 2 aromatic heterocycles. The lowest BCUT2D eigenvalue weighted by atomic mass is 9.94. The number of aromatic hydroxyl groups is 1. The molecular weight excluding hydrogens is 575 g/mol. The molecule has 0 radical (unpaired) electrons. The quantitative estimate of drug-likeness (QED) is 0.236. The Labute approximate surface area is 252 Å². The van der Waals surface area contributed by atoms with Crippen LogP contribution >= 0.6 is 0 Å². The highest BCUT2D eigenvalue weighted by atomic mass is 19.1. The number of carbonyl (C=O) groups is 1. The van der Waals surface area contributed by atoms with Gasteiger partial charge in [0.1, 0.15) is 41.4 Å². The molecule has 2 fully saturated rings. The molecule has 2 saturated heterocycles. The number of fused-ring (bicyclic) bond motifs is 3. The molecule has 2 aliphatic rings. The van der Waals surface area contributed by atoms with Gasteiger partial charge in [-0.25, -0.2) is 13.2 Å². The number of phenolic OH excluding ortho intramolecular Hbond substituents is 1. The van der Waals surface area contributed by atoms with Crippen molar-refractivity contribution in [2.75, 3.05) is 38.2 Å². The zero-order valence-electron chi connectivity index (χ0n) is 24.6. The molecule has 44 heavy (non-hydrogen) atoms. The van der Waals surface area contributed by atoms with Gasteiger partial charge in [-0.15, -0.1) is 0 Å². The Balaban J connectivity index is 1.47. The number of anilines is 1. The zero-order valence-corrected chi connectivity index (χ0v) is 24.6. The first-order valence-electron chi connectivity index (χ1n) is 14.9. The molecule has 232 valence electrons. The summed E-state index contributed by atoms with van der Waals surface area (Å²) in [5.41, 5.74) is -0.115. The predicted molar refractivity (Wildman–Crippen MR) is 160 cm³/mol. The van der Waals surface area contributed by atoms with Crippen LogP contribution in [0.2, 0.25) is 0 Å². The van der Waals surface area contributed by atoms with Crippen molar-refractivity contribution in [2.24, 2.45) is 0 Å². The number of hydrogen-bond donors (Lipinski definition) is 2. The summed E-state index contributed by atoms with van der Waals surface area (Å²) in [7, 11) is 1.71. The normalized spacial score (nSPS) is 20.0. The molecule has 2 N–H and O–H groups in total. The van der Waals surface area contributed by atoms with Crippen molar-refractivity contribution in [3.8, 4) is 23.0 Å². The van der Waals surface area contributed by atoms with Gasteiger partial charge in [0.2, 0.25) is 0 Å². The second-order valence-electron chi connectivity index (χ2n) is 11.8. The van der Waals surface area contributed by atoms with E-state index in [2.05, 4.69) is 19.9 Å². The third-order valence-corrected chi connectivity index (χ3v) is 8.88. The van der Waals surface area contributed by atoms with Crippen molar-refractivity contribution in [3.63, 3.8) is 0 Å². The molecule has 0 amide bonds. The van der Waals surface area contributed by atoms with Crippen LogP contribution in [-0.2, 0) is 11.2 Å². The van der Waals surface area contributed by atoms with Crippen LogP contribution in [0.25, 0.3) is 32.9 Å². The van der Waals surface area contributed by atoms with Crippen LogP contribution in [0.3, 0.4) is 0 Å². The number of hydrogen-bond acceptors (Lipinski definition) is 8. The molecule has 0 aliphatic carbocycles. The van der Waals surface area contributed by atoms with Crippen LogP contribution in [0.1, 0.15) is 44.6 Å². The Hall–Kier alpha value is -4.19. The largest absolute Gasteiger partial charge is 0.508 e. The molecule has 4 heterocycles. The van der Waals surface area contributed by atoms with Crippen molar-refractivity contribution >= 4 is 33.5 Å². The minimum absolute atomic E-state index is 0.0584. The molecule has 12 heteroatoms. The highest BCUT2D eigenvalue weighted by Crippen LogP contribution is 2.41. The van der Waals surface area contributed by atoms with Gasteiger partial charge in [0.15, 0.2) is 5.82 Å². The number of carboxylic acid groups (broad SMARTS) is 1. The van der Waals surface area contributed by atoms with Crippen LogP contribution in [0.5, 0.6) is 11.8 Å².